The van der Waals surface area contributed by atoms with E-state index in [0.717, 1.165) is 68.1 Å². The third kappa shape index (κ3) is 7.30. The molecule has 2 amide bonds. The molecule has 5 fully saturated rings. The van der Waals surface area contributed by atoms with E-state index in [-0.39, 0.29) is 81.8 Å². The van der Waals surface area contributed by atoms with Crippen molar-refractivity contribution in [3.05, 3.63) is 81.9 Å². The molecule has 63 heavy (non-hydrogen) atoms. The topological polar surface area (TPSA) is 111 Å². The number of Topliss-reactive ketones (excluding diaryl/α,β-unsaturated/α-hetero) is 1. The molecule has 10 atom stereocenters. The van der Waals surface area contributed by atoms with Gasteiger partial charge in [0.1, 0.15) is 12.7 Å². The van der Waals surface area contributed by atoms with Gasteiger partial charge in [0, 0.05) is 16.9 Å². The molecule has 0 spiro atoms. The number of benzene rings is 2. The number of carbonyl (C=O) groups is 4. The Kier molecular flexibility index (Phi) is 11.5. The number of nitrogens with one attached hydrogen (secondary N) is 2. The van der Waals surface area contributed by atoms with Crippen molar-refractivity contribution in [1.82, 2.24) is 10.6 Å². The minimum Gasteiger partial charge on any atom is -0.462 e. The van der Waals surface area contributed by atoms with Crippen LogP contribution in [0.3, 0.4) is 0 Å². The van der Waals surface area contributed by atoms with Gasteiger partial charge in [-0.1, -0.05) is 116 Å². The summed E-state index contributed by atoms with van der Waals surface area (Å²) in [7, 11) is 0. The third-order valence-corrected chi connectivity index (χ3v) is 19.3. The Labute approximate surface area is 381 Å². The van der Waals surface area contributed by atoms with E-state index in [4.69, 9.17) is 21.1 Å². The van der Waals surface area contributed by atoms with Crippen molar-refractivity contribution >= 4 is 35.4 Å². The Morgan fingerprint density at radius 1 is 0.778 bits per heavy atom. The van der Waals surface area contributed by atoms with Crippen molar-refractivity contribution in [2.45, 2.75) is 164 Å². The summed E-state index contributed by atoms with van der Waals surface area (Å²) in [4.78, 5) is 55.6. The highest BCUT2D eigenvalue weighted by molar-refractivity contribution is 6.30. The van der Waals surface area contributed by atoms with Crippen LogP contribution in [-0.2, 0) is 36.0 Å². The number of fused-ring (bicyclic) bond motifs is 7. The predicted octanol–water partition coefficient (Wildman–Crippen LogP) is 11.9. The SMILES string of the molecule is CC(C)C1=C2[C@H]3CC[C@@H]4[C@@]5(C)CC[C@H](OC(=O)[C@H]6C[C@@H](C(=O)OCc7ccccc7)C6(C)C)C(C)(C)[C@@H]5CC[C@@]4(C)[C@]3(C)CC[C@@]2(NC(=O)NC(C)(C)c2ccc(Cl)cc2)CC1=O. The van der Waals surface area contributed by atoms with E-state index in [9.17, 15) is 19.2 Å². The Morgan fingerprint density at radius 3 is 2.10 bits per heavy atom. The van der Waals surface area contributed by atoms with Gasteiger partial charge in [-0.3, -0.25) is 14.4 Å². The highest BCUT2D eigenvalue weighted by Gasteiger charge is 2.70. The summed E-state index contributed by atoms with van der Waals surface area (Å²) in [6.07, 6.45) is 8.26. The summed E-state index contributed by atoms with van der Waals surface area (Å²) >= 11 is 6.19. The molecule has 342 valence electrons. The number of carbonyl (C=O) groups excluding carboxylic acids is 4. The first kappa shape index (κ1) is 45.9. The summed E-state index contributed by atoms with van der Waals surface area (Å²) in [6.45, 7) is 24.8. The zero-order chi connectivity index (χ0) is 45.7. The molecular formula is C54H73ClN2O6. The smallest absolute Gasteiger partial charge is 0.316 e. The van der Waals surface area contributed by atoms with Gasteiger partial charge < -0.3 is 20.1 Å². The van der Waals surface area contributed by atoms with Crippen LogP contribution < -0.4 is 10.6 Å². The van der Waals surface area contributed by atoms with Gasteiger partial charge >= 0.3 is 18.0 Å². The fourth-order valence-corrected chi connectivity index (χ4v) is 15.3. The number of halogens is 1. The van der Waals surface area contributed by atoms with Crippen LogP contribution in [0.1, 0.15) is 151 Å². The molecule has 0 bridgehead atoms. The van der Waals surface area contributed by atoms with Gasteiger partial charge in [-0.15, -0.1) is 0 Å². The third-order valence-electron chi connectivity index (χ3n) is 19.0. The molecule has 0 aliphatic heterocycles. The van der Waals surface area contributed by atoms with E-state index in [1.54, 1.807) is 0 Å². The molecule has 0 radical (unpaired) electrons. The molecule has 6 aliphatic carbocycles. The Hall–Kier alpha value is -3.65. The maximum absolute atomic E-state index is 14.2. The average molecular weight is 882 g/mol. The summed E-state index contributed by atoms with van der Waals surface area (Å²) in [5, 5.41) is 7.39. The zero-order valence-corrected chi connectivity index (χ0v) is 40.6. The van der Waals surface area contributed by atoms with Crippen molar-refractivity contribution < 1.29 is 28.7 Å². The van der Waals surface area contributed by atoms with Gasteiger partial charge in [0.25, 0.3) is 0 Å². The lowest BCUT2D eigenvalue weighted by molar-refractivity contribution is -0.235. The van der Waals surface area contributed by atoms with Crippen LogP contribution in [0.15, 0.2) is 65.7 Å². The lowest BCUT2D eigenvalue weighted by atomic mass is 9.33. The maximum Gasteiger partial charge on any atom is 0.316 e. The number of hydrogen-bond acceptors (Lipinski definition) is 6. The molecule has 8 rings (SSSR count). The number of ether oxygens (including phenoxy) is 2. The van der Waals surface area contributed by atoms with Crippen LogP contribution >= 0.6 is 11.6 Å². The molecule has 0 unspecified atom stereocenters. The second kappa shape index (κ2) is 15.8. The number of urea groups is 1. The normalized spacial score (nSPS) is 36.5. The monoisotopic (exact) mass is 881 g/mol. The summed E-state index contributed by atoms with van der Waals surface area (Å²) < 4.78 is 12.3. The Morgan fingerprint density at radius 2 is 1.44 bits per heavy atom. The van der Waals surface area contributed by atoms with Gasteiger partial charge in [0.15, 0.2) is 5.78 Å². The molecule has 2 aromatic rings. The number of rotatable bonds is 9. The molecule has 5 saturated carbocycles. The van der Waals surface area contributed by atoms with Crippen LogP contribution in [0.25, 0.3) is 0 Å². The van der Waals surface area contributed by atoms with Crippen molar-refractivity contribution in [3.8, 4) is 0 Å². The van der Waals surface area contributed by atoms with Crippen LogP contribution in [0, 0.1) is 62.6 Å². The van der Waals surface area contributed by atoms with Crippen molar-refractivity contribution in [2.75, 3.05) is 0 Å². The highest BCUT2D eigenvalue weighted by atomic mass is 35.5. The van der Waals surface area contributed by atoms with E-state index in [0.29, 0.717) is 29.7 Å². The summed E-state index contributed by atoms with van der Waals surface area (Å²) in [6, 6.07) is 17.0. The fraction of sp³-hybridized carbons (Fsp3) is 0.667. The average Bonchev–Trinajstić information content (AvgIpc) is 3.49. The Balaban J connectivity index is 0.979. The van der Waals surface area contributed by atoms with Gasteiger partial charge in [-0.25, -0.2) is 4.79 Å². The lowest BCUT2D eigenvalue weighted by Gasteiger charge is -2.72. The summed E-state index contributed by atoms with van der Waals surface area (Å²) in [5.74, 6) is 0.180. The van der Waals surface area contributed by atoms with Gasteiger partial charge in [0.05, 0.1) is 22.9 Å². The molecule has 0 saturated heterocycles. The zero-order valence-electron chi connectivity index (χ0n) is 39.8. The standard InChI is InChI=1S/C54H73ClN2O6/c1-32(2)43-39(58)30-54(57-47(61)56-50(7,8)34-17-19-35(55)20-18-34)28-27-52(10)36(44(43)54)21-22-41-51(9)25-24-42(49(5,6)40(51)23-26-53(41,52)11)63-46(60)38-29-37(48(38,3)4)45(59)62-31-33-15-13-12-14-16-33/h12-20,32,36-38,40-42H,21-31H2,1-11H3,(H2,56,57,61)/t36-,37+,38-,40+,41-,42+,51+,52-,53-,54-/m1/s1. The minimum absolute atomic E-state index is 0.0204. The second-order valence-electron chi connectivity index (χ2n) is 23.5. The molecule has 8 nitrogen and oxygen atoms in total. The molecule has 9 heteroatoms. The number of allylic oxidation sites excluding steroid dienone is 1. The van der Waals surface area contributed by atoms with E-state index in [2.05, 4.69) is 59.1 Å². The largest absolute Gasteiger partial charge is 0.462 e. The molecule has 2 aromatic carbocycles. The van der Waals surface area contributed by atoms with E-state index < -0.39 is 16.5 Å². The number of amides is 2. The second-order valence-corrected chi connectivity index (χ2v) is 24.0. The number of ketones is 1. The predicted molar refractivity (Wildman–Crippen MR) is 247 cm³/mol. The first-order valence-corrected chi connectivity index (χ1v) is 24.3. The van der Waals surface area contributed by atoms with Crippen molar-refractivity contribution in [1.29, 1.82) is 0 Å². The van der Waals surface area contributed by atoms with Crippen molar-refractivity contribution in [3.63, 3.8) is 0 Å². The number of hydrogen-bond donors (Lipinski definition) is 2. The quantitative estimate of drug-likeness (QED) is 0.243. The van der Waals surface area contributed by atoms with E-state index in [1.165, 1.54) is 5.57 Å². The van der Waals surface area contributed by atoms with Gasteiger partial charge in [-0.05, 0) is 151 Å². The highest BCUT2D eigenvalue weighted by Crippen LogP contribution is 2.76. The maximum atomic E-state index is 14.2. The molecule has 0 heterocycles. The molecule has 0 aromatic heterocycles. The van der Waals surface area contributed by atoms with E-state index >= 15 is 0 Å². The molecule has 6 aliphatic rings. The number of esters is 2. The lowest BCUT2D eigenvalue weighted by Crippen LogP contribution is -2.68. The first-order chi connectivity index (χ1) is 29.4. The van der Waals surface area contributed by atoms with Gasteiger partial charge in [0.2, 0.25) is 0 Å². The molecular weight excluding hydrogens is 808 g/mol. The summed E-state index contributed by atoms with van der Waals surface area (Å²) in [5.41, 5.74) is 1.95. The Bertz CT molecular complexity index is 2180. The minimum atomic E-state index is -0.702. The molecule has 2 N–H and O–H groups in total. The first-order valence-electron chi connectivity index (χ1n) is 24.0. The van der Waals surface area contributed by atoms with Crippen LogP contribution in [-0.4, -0.2) is 35.4 Å². The van der Waals surface area contributed by atoms with Crippen molar-refractivity contribution in [2.24, 2.45) is 62.6 Å². The van der Waals surface area contributed by atoms with Gasteiger partial charge in [-0.2, -0.15) is 0 Å². The van der Waals surface area contributed by atoms with Crippen LogP contribution in [0.2, 0.25) is 5.02 Å². The van der Waals surface area contributed by atoms with Crippen LogP contribution in [0.5, 0.6) is 0 Å². The van der Waals surface area contributed by atoms with Crippen LogP contribution in [0.4, 0.5) is 4.79 Å². The fourth-order valence-electron chi connectivity index (χ4n) is 15.2. The van der Waals surface area contributed by atoms with E-state index in [1.807, 2.05) is 82.3 Å².